The van der Waals surface area contributed by atoms with Crippen molar-refractivity contribution in [2.24, 2.45) is 5.73 Å². The van der Waals surface area contributed by atoms with Gasteiger partial charge in [0.05, 0.1) is 17.5 Å². The summed E-state index contributed by atoms with van der Waals surface area (Å²) in [7, 11) is 0. The Hall–Kier alpha value is -1.13. The van der Waals surface area contributed by atoms with E-state index in [1.165, 1.54) is 0 Å². The highest BCUT2D eigenvalue weighted by Gasteiger charge is 2.08. The molecule has 4 heteroatoms. The van der Waals surface area contributed by atoms with Crippen LogP contribution in [0.3, 0.4) is 0 Å². The maximum atomic E-state index is 5.46. The largest absolute Gasteiger partial charge is 0.469 e. The van der Waals surface area contributed by atoms with Gasteiger partial charge in [0.1, 0.15) is 10.8 Å². The third kappa shape index (κ3) is 1.71. The highest BCUT2D eigenvalue weighted by Crippen LogP contribution is 2.27. The second-order valence-corrected chi connectivity index (χ2v) is 3.93. The van der Waals surface area contributed by atoms with Gasteiger partial charge >= 0.3 is 0 Å². The molecule has 2 rings (SSSR count). The molecule has 2 N–H and O–H groups in total. The van der Waals surface area contributed by atoms with Crippen molar-refractivity contribution in [3.8, 4) is 10.6 Å². The molecule has 0 amide bonds. The molecule has 0 aliphatic heterocycles. The molecule has 0 aromatic carbocycles. The lowest BCUT2D eigenvalue weighted by Gasteiger charge is -1.91. The number of aromatic nitrogens is 1. The topological polar surface area (TPSA) is 52.0 Å². The Labute approximate surface area is 86.6 Å². The highest BCUT2D eigenvalue weighted by atomic mass is 32.1. The van der Waals surface area contributed by atoms with E-state index in [2.05, 4.69) is 10.4 Å². The smallest absolute Gasteiger partial charge is 0.127 e. The summed E-state index contributed by atoms with van der Waals surface area (Å²) in [5, 5.41) is 3.06. The Morgan fingerprint density at radius 1 is 1.57 bits per heavy atom. The minimum atomic E-state index is 0.646. The normalized spacial score (nSPS) is 10.7. The third-order valence-electron chi connectivity index (χ3n) is 2.04. The Morgan fingerprint density at radius 2 is 2.43 bits per heavy atom. The third-order valence-corrected chi connectivity index (χ3v) is 2.97. The second kappa shape index (κ2) is 3.94. The highest BCUT2D eigenvalue weighted by molar-refractivity contribution is 7.13. The van der Waals surface area contributed by atoms with E-state index in [1.54, 1.807) is 17.6 Å². The van der Waals surface area contributed by atoms with Crippen LogP contribution in [0.15, 0.2) is 22.1 Å². The standard InChI is InChI=1S/C10H12N2OS/c1-7-9(3-5-13-7)10-12-8(2-4-11)6-14-10/h3,5-6H,2,4,11H2,1H3. The Balaban J connectivity index is 2.29. The van der Waals surface area contributed by atoms with Gasteiger partial charge in [0, 0.05) is 11.8 Å². The number of hydrogen-bond acceptors (Lipinski definition) is 4. The van der Waals surface area contributed by atoms with Crippen LogP contribution in [0.1, 0.15) is 11.5 Å². The molecule has 74 valence electrons. The lowest BCUT2D eigenvalue weighted by molar-refractivity contribution is 0.535. The van der Waals surface area contributed by atoms with Crippen LogP contribution < -0.4 is 5.73 Å². The fraction of sp³-hybridized carbons (Fsp3) is 0.300. The van der Waals surface area contributed by atoms with Crippen molar-refractivity contribution in [3.63, 3.8) is 0 Å². The molecule has 0 aliphatic rings. The monoisotopic (exact) mass is 208 g/mol. The van der Waals surface area contributed by atoms with E-state index in [0.29, 0.717) is 6.54 Å². The molecular weight excluding hydrogens is 196 g/mol. The fourth-order valence-corrected chi connectivity index (χ4v) is 2.23. The summed E-state index contributed by atoms with van der Waals surface area (Å²) in [5.74, 6) is 0.915. The summed E-state index contributed by atoms with van der Waals surface area (Å²) in [6.45, 7) is 2.59. The summed E-state index contributed by atoms with van der Waals surface area (Å²) < 4.78 is 5.23. The van der Waals surface area contributed by atoms with Crippen LogP contribution in [-0.2, 0) is 6.42 Å². The van der Waals surface area contributed by atoms with Crippen molar-refractivity contribution in [1.29, 1.82) is 0 Å². The number of nitrogens with two attached hydrogens (primary N) is 1. The van der Waals surface area contributed by atoms with Crippen molar-refractivity contribution in [2.45, 2.75) is 13.3 Å². The molecular formula is C10H12N2OS. The lowest BCUT2D eigenvalue weighted by Crippen LogP contribution is -2.02. The summed E-state index contributed by atoms with van der Waals surface area (Å²) >= 11 is 1.63. The van der Waals surface area contributed by atoms with Crippen LogP contribution in [0.25, 0.3) is 10.6 Å². The first kappa shape index (κ1) is 9.43. The molecule has 2 aromatic rings. The van der Waals surface area contributed by atoms with Crippen molar-refractivity contribution in [1.82, 2.24) is 4.98 Å². The number of furan rings is 1. The van der Waals surface area contributed by atoms with Crippen LogP contribution in [0.4, 0.5) is 0 Å². The zero-order chi connectivity index (χ0) is 9.97. The fourth-order valence-electron chi connectivity index (χ4n) is 1.30. The molecule has 14 heavy (non-hydrogen) atoms. The summed E-state index contributed by atoms with van der Waals surface area (Å²) in [4.78, 5) is 4.48. The van der Waals surface area contributed by atoms with Gasteiger partial charge in [-0.25, -0.2) is 4.98 Å². The van der Waals surface area contributed by atoms with E-state index >= 15 is 0 Å². The molecule has 0 spiro atoms. The molecule has 0 atom stereocenters. The summed E-state index contributed by atoms with van der Waals surface area (Å²) in [6.07, 6.45) is 2.53. The summed E-state index contributed by atoms with van der Waals surface area (Å²) in [6, 6.07) is 1.94. The molecule has 0 saturated heterocycles. The zero-order valence-corrected chi connectivity index (χ0v) is 8.80. The number of aryl methyl sites for hydroxylation is 1. The first-order valence-electron chi connectivity index (χ1n) is 4.50. The van der Waals surface area contributed by atoms with Gasteiger partial charge < -0.3 is 10.2 Å². The summed E-state index contributed by atoms with van der Waals surface area (Å²) in [5.41, 5.74) is 7.61. The minimum Gasteiger partial charge on any atom is -0.469 e. The first-order valence-corrected chi connectivity index (χ1v) is 5.38. The van der Waals surface area contributed by atoms with E-state index < -0.39 is 0 Å². The van der Waals surface area contributed by atoms with Crippen LogP contribution >= 0.6 is 11.3 Å². The minimum absolute atomic E-state index is 0.646. The average molecular weight is 208 g/mol. The van der Waals surface area contributed by atoms with Crippen molar-refractivity contribution < 1.29 is 4.42 Å². The second-order valence-electron chi connectivity index (χ2n) is 3.07. The van der Waals surface area contributed by atoms with E-state index in [-0.39, 0.29) is 0 Å². The van der Waals surface area contributed by atoms with Gasteiger partial charge in [0.25, 0.3) is 0 Å². The Morgan fingerprint density at radius 3 is 3.07 bits per heavy atom. The van der Waals surface area contributed by atoms with Crippen LogP contribution in [0.5, 0.6) is 0 Å². The molecule has 0 unspecified atom stereocenters. The Bertz CT molecular complexity index is 419. The predicted molar refractivity (Wildman–Crippen MR) is 57.3 cm³/mol. The van der Waals surface area contributed by atoms with Gasteiger partial charge in [0.2, 0.25) is 0 Å². The Kier molecular flexibility index (Phi) is 2.65. The SMILES string of the molecule is Cc1occc1-c1nc(CCN)cs1. The van der Waals surface area contributed by atoms with E-state index in [9.17, 15) is 0 Å². The van der Waals surface area contributed by atoms with Crippen LogP contribution in [0, 0.1) is 6.92 Å². The number of rotatable bonds is 3. The van der Waals surface area contributed by atoms with Crippen molar-refractivity contribution in [2.75, 3.05) is 6.54 Å². The first-order chi connectivity index (χ1) is 6.81. The molecule has 0 fully saturated rings. The molecule has 0 bridgehead atoms. The molecule has 2 heterocycles. The molecule has 2 aromatic heterocycles. The van der Waals surface area contributed by atoms with E-state index in [4.69, 9.17) is 10.2 Å². The molecule has 0 radical (unpaired) electrons. The van der Waals surface area contributed by atoms with Crippen LogP contribution in [-0.4, -0.2) is 11.5 Å². The number of nitrogens with zero attached hydrogens (tertiary/aromatic N) is 1. The molecule has 0 aliphatic carbocycles. The van der Waals surface area contributed by atoms with Gasteiger partial charge in [-0.05, 0) is 19.5 Å². The maximum Gasteiger partial charge on any atom is 0.127 e. The van der Waals surface area contributed by atoms with Crippen molar-refractivity contribution >= 4 is 11.3 Å². The quantitative estimate of drug-likeness (QED) is 0.841. The van der Waals surface area contributed by atoms with Gasteiger partial charge in [-0.2, -0.15) is 0 Å². The van der Waals surface area contributed by atoms with Gasteiger partial charge in [-0.1, -0.05) is 0 Å². The zero-order valence-electron chi connectivity index (χ0n) is 7.99. The predicted octanol–water partition coefficient (Wildman–Crippen LogP) is 2.21. The van der Waals surface area contributed by atoms with Gasteiger partial charge in [-0.3, -0.25) is 0 Å². The van der Waals surface area contributed by atoms with Crippen LogP contribution in [0.2, 0.25) is 0 Å². The molecule has 0 saturated carbocycles. The number of hydrogen-bond donors (Lipinski definition) is 1. The maximum absolute atomic E-state index is 5.46. The molecule has 3 nitrogen and oxygen atoms in total. The lowest BCUT2D eigenvalue weighted by atomic mass is 10.3. The number of thiazole rings is 1. The average Bonchev–Trinajstić information content (AvgIpc) is 2.74. The van der Waals surface area contributed by atoms with E-state index in [0.717, 1.165) is 28.4 Å². The van der Waals surface area contributed by atoms with Gasteiger partial charge in [0.15, 0.2) is 0 Å². The van der Waals surface area contributed by atoms with Gasteiger partial charge in [-0.15, -0.1) is 11.3 Å². The van der Waals surface area contributed by atoms with E-state index in [1.807, 2.05) is 13.0 Å². The van der Waals surface area contributed by atoms with Crippen molar-refractivity contribution in [3.05, 3.63) is 29.2 Å².